The van der Waals surface area contributed by atoms with Gasteiger partial charge in [-0.3, -0.25) is 9.59 Å². The second kappa shape index (κ2) is 13.2. The minimum absolute atomic E-state index is 0.181. The maximum absolute atomic E-state index is 13.7. The zero-order chi connectivity index (χ0) is 29.6. The van der Waals surface area contributed by atoms with Crippen molar-refractivity contribution in [3.8, 4) is 0 Å². The third-order valence-electron chi connectivity index (χ3n) is 7.54. The molecule has 1 aliphatic heterocycles. The molecule has 9 nitrogen and oxygen atoms in total. The first-order valence-corrected chi connectivity index (χ1v) is 14.5. The molecule has 11 heteroatoms. The molecule has 2 aromatic carbocycles. The molecule has 0 radical (unpaired) electrons. The van der Waals surface area contributed by atoms with E-state index in [9.17, 15) is 14.0 Å². The maximum Gasteiger partial charge on any atom is 0.251 e. The normalized spacial score (nSPS) is 13.7. The Hall–Kier alpha value is -4.25. The number of pyridine rings is 1. The first kappa shape index (κ1) is 29.3. The molecule has 0 aliphatic carbocycles. The minimum atomic E-state index is -0.344. The third-order valence-corrected chi connectivity index (χ3v) is 7.54. The Balaban J connectivity index is 1.34. The maximum atomic E-state index is 13.7. The topological polar surface area (TPSA) is 110 Å². The van der Waals surface area contributed by atoms with Crippen LogP contribution in [0.2, 0.25) is 0 Å². The van der Waals surface area contributed by atoms with Crippen molar-refractivity contribution >= 4 is 41.8 Å². The Morgan fingerprint density at radius 2 is 1.76 bits per heavy atom. The summed E-state index contributed by atoms with van der Waals surface area (Å²) in [5.41, 5.74) is 5.77. The summed E-state index contributed by atoms with van der Waals surface area (Å²) in [4.78, 5) is 31.1. The fourth-order valence-electron chi connectivity index (χ4n) is 5.37. The van der Waals surface area contributed by atoms with E-state index in [0.29, 0.717) is 42.9 Å². The van der Waals surface area contributed by atoms with Gasteiger partial charge >= 0.3 is 0 Å². The van der Waals surface area contributed by atoms with Crippen molar-refractivity contribution in [2.75, 3.05) is 18.5 Å². The monoisotopic (exact) mass is 570 g/mol. The molecule has 0 unspecified atom stereocenters. The van der Waals surface area contributed by atoms with Gasteiger partial charge in [-0.05, 0) is 62.1 Å². The van der Waals surface area contributed by atoms with Crippen molar-refractivity contribution in [2.24, 2.45) is 0 Å². The van der Waals surface area contributed by atoms with Gasteiger partial charge in [0.2, 0.25) is 0 Å². The van der Waals surface area contributed by atoms with Crippen LogP contribution in [0, 0.1) is 5.82 Å². The van der Waals surface area contributed by atoms with Gasteiger partial charge in [-0.15, -0.1) is 0 Å². The molecule has 1 saturated heterocycles. The summed E-state index contributed by atoms with van der Waals surface area (Å²) in [7, 11) is 1.80. The van der Waals surface area contributed by atoms with Crippen molar-refractivity contribution in [1.29, 1.82) is 0 Å². The Labute approximate surface area is 245 Å². The highest BCUT2D eigenvalue weighted by Crippen LogP contribution is 2.31. The number of ether oxygens (including phenoxy) is 1. The molecule has 1 fully saturated rings. The minimum Gasteiger partial charge on any atom is -0.381 e. The molecule has 42 heavy (non-hydrogen) atoms. The van der Waals surface area contributed by atoms with Gasteiger partial charge in [0.15, 0.2) is 5.65 Å². The Morgan fingerprint density at radius 1 is 1.05 bits per heavy atom. The Kier molecular flexibility index (Phi) is 9.17. The fourth-order valence-corrected chi connectivity index (χ4v) is 5.37. The molecule has 5 rings (SSSR count). The molecule has 0 bridgehead atoms. The highest BCUT2D eigenvalue weighted by molar-refractivity contribution is 6.32. The highest BCUT2D eigenvalue weighted by Gasteiger charge is 2.22. The van der Waals surface area contributed by atoms with Crippen LogP contribution in [0.3, 0.4) is 0 Å². The van der Waals surface area contributed by atoms with Gasteiger partial charge in [0.05, 0.1) is 17.3 Å². The lowest BCUT2D eigenvalue weighted by Gasteiger charge is -2.26. The number of hydrogen-bond donors (Lipinski definition) is 3. The quantitative estimate of drug-likeness (QED) is 0.253. The molecule has 218 valence electrons. The highest BCUT2D eigenvalue weighted by atomic mass is 19.1. The summed E-state index contributed by atoms with van der Waals surface area (Å²) in [5.74, 6) is -0.983. The van der Waals surface area contributed by atoms with Crippen molar-refractivity contribution in [1.82, 2.24) is 25.4 Å². The van der Waals surface area contributed by atoms with Crippen molar-refractivity contribution in [3.63, 3.8) is 0 Å². The number of hydrogen-bond acceptors (Lipinski definition) is 6. The summed E-state index contributed by atoms with van der Waals surface area (Å²) < 4.78 is 21.2. The predicted octanol–water partition coefficient (Wildman–Crippen LogP) is 2.86. The summed E-state index contributed by atoms with van der Waals surface area (Å²) in [6.07, 6.45) is 4.32. The number of fused-ring (bicyclic) bond motifs is 1. The van der Waals surface area contributed by atoms with Gasteiger partial charge in [-0.25, -0.2) is 14.1 Å². The number of benzene rings is 2. The van der Waals surface area contributed by atoms with Crippen LogP contribution >= 0.6 is 0 Å². The largest absolute Gasteiger partial charge is 0.381 e. The number of aryl methyl sites for hydroxylation is 2. The van der Waals surface area contributed by atoms with E-state index < -0.39 is 0 Å². The second-order valence-electron chi connectivity index (χ2n) is 10.6. The lowest BCUT2D eigenvalue weighted by Crippen LogP contribution is -2.30. The lowest BCUT2D eigenvalue weighted by atomic mass is 9.94. The molecule has 2 amide bonds. The first-order valence-electron chi connectivity index (χ1n) is 14.5. The number of nitrogens with one attached hydrogen (secondary N) is 3. The average molecular weight is 570 g/mol. The number of halogens is 1. The average Bonchev–Trinajstić information content (AvgIpc) is 3.42. The molecule has 3 N–H and O–H groups in total. The molecular weight excluding hydrogens is 534 g/mol. The van der Waals surface area contributed by atoms with Crippen molar-refractivity contribution in [3.05, 3.63) is 82.4 Å². The van der Waals surface area contributed by atoms with Crippen LogP contribution < -0.4 is 21.4 Å². The summed E-state index contributed by atoms with van der Waals surface area (Å²) in [5, 5.41) is 15.0. The molecule has 0 spiro atoms. The van der Waals surface area contributed by atoms with Crippen LogP contribution in [0.4, 0.5) is 10.1 Å². The van der Waals surface area contributed by atoms with Gasteiger partial charge in [0.1, 0.15) is 13.7 Å². The van der Waals surface area contributed by atoms with Crippen LogP contribution in [-0.4, -0.2) is 53.7 Å². The van der Waals surface area contributed by atoms with E-state index >= 15 is 0 Å². The summed E-state index contributed by atoms with van der Waals surface area (Å²) in [6, 6.07) is 11.5. The smallest absolute Gasteiger partial charge is 0.251 e. The first-order chi connectivity index (χ1) is 20.4. The molecule has 4 aromatic rings. The fraction of sp³-hybridized carbons (Fsp3) is 0.355. The van der Waals surface area contributed by atoms with Crippen LogP contribution in [0.1, 0.15) is 64.2 Å². The van der Waals surface area contributed by atoms with Crippen molar-refractivity contribution in [2.45, 2.75) is 58.8 Å². The van der Waals surface area contributed by atoms with E-state index in [1.807, 2.05) is 23.9 Å². The molecule has 0 saturated carbocycles. The third kappa shape index (κ3) is 6.62. The number of amides is 2. The van der Waals surface area contributed by atoms with Gasteiger partial charge in [0.25, 0.3) is 11.8 Å². The molecular formula is C31H36BFN6O3. The van der Waals surface area contributed by atoms with Gasteiger partial charge in [-0.1, -0.05) is 24.5 Å². The number of rotatable bonds is 10. The SMILES string of the molecule is Bc1cc(F)cc(CNC(=O)c2cccc(C(=O)NCc3c(CC)nc4c(cnn4CC)c3NC3CCOCC3)c2)c1. The number of carbonyl (C=O) groups excluding carboxylic acids is 2. The zero-order valence-electron chi connectivity index (χ0n) is 24.3. The molecule has 1 aliphatic rings. The van der Waals surface area contributed by atoms with E-state index in [0.717, 1.165) is 46.3 Å². The van der Waals surface area contributed by atoms with Crippen LogP contribution in [0.5, 0.6) is 0 Å². The second-order valence-corrected chi connectivity index (χ2v) is 10.6. The van der Waals surface area contributed by atoms with Gasteiger partial charge < -0.3 is 20.7 Å². The number of aromatic nitrogens is 3. The molecule has 3 heterocycles. The lowest BCUT2D eigenvalue weighted by molar-refractivity contribution is 0.0904. The summed E-state index contributed by atoms with van der Waals surface area (Å²) in [6.45, 7) is 6.66. The predicted molar refractivity (Wildman–Crippen MR) is 163 cm³/mol. The summed E-state index contributed by atoms with van der Waals surface area (Å²) >= 11 is 0. The Bertz CT molecular complexity index is 1580. The van der Waals surface area contributed by atoms with Crippen LogP contribution in [-0.2, 0) is 30.8 Å². The van der Waals surface area contributed by atoms with E-state index in [-0.39, 0.29) is 36.8 Å². The van der Waals surface area contributed by atoms with Gasteiger partial charge in [0, 0.05) is 61.3 Å². The van der Waals surface area contributed by atoms with Crippen LogP contribution in [0.25, 0.3) is 11.0 Å². The van der Waals surface area contributed by atoms with E-state index in [1.165, 1.54) is 12.1 Å². The van der Waals surface area contributed by atoms with E-state index in [1.54, 1.807) is 32.1 Å². The van der Waals surface area contributed by atoms with Crippen molar-refractivity contribution < 1.29 is 18.7 Å². The molecule has 2 aromatic heterocycles. The number of carbonyl (C=O) groups is 2. The van der Waals surface area contributed by atoms with Gasteiger partial charge in [-0.2, -0.15) is 5.10 Å². The zero-order valence-corrected chi connectivity index (χ0v) is 24.3. The molecule has 0 atom stereocenters. The Morgan fingerprint density at radius 3 is 2.43 bits per heavy atom. The van der Waals surface area contributed by atoms with Crippen LogP contribution in [0.15, 0.2) is 48.7 Å². The standard InChI is InChI=1S/C31H36BFN6O3/c1-3-27-25(28(37-24-8-10-42-11-9-24)26-18-36-39(4-2)29(26)38-27)17-35-31(41)21-7-5-6-20(14-21)30(40)34-16-19-12-22(32)15-23(33)13-19/h5-7,12-15,18,24H,3-4,8-11,16-17,32H2,1-2H3,(H,34,40)(H,35,41)(H,37,38). The number of anilines is 1. The van der Waals surface area contributed by atoms with E-state index in [4.69, 9.17) is 9.72 Å². The number of nitrogens with zero attached hydrogens (tertiary/aromatic N) is 3. The van der Waals surface area contributed by atoms with E-state index in [2.05, 4.69) is 28.0 Å².